The molecule has 0 aliphatic heterocycles. The van der Waals surface area contributed by atoms with Gasteiger partial charge in [0.05, 0.1) is 17.1 Å². The van der Waals surface area contributed by atoms with Crippen molar-refractivity contribution in [1.29, 1.82) is 0 Å². The number of benzene rings is 1. The molecule has 0 atom stereocenters. The number of hydrogen-bond donors (Lipinski definition) is 3. The topological polar surface area (TPSA) is 73.3 Å². The minimum absolute atomic E-state index is 0.103. The van der Waals surface area contributed by atoms with Crippen molar-refractivity contribution in [1.82, 2.24) is 0 Å². The van der Waals surface area contributed by atoms with Crippen LogP contribution >= 0.6 is 11.6 Å². The van der Waals surface area contributed by atoms with Gasteiger partial charge in [-0.25, -0.2) is 4.39 Å². The summed E-state index contributed by atoms with van der Waals surface area (Å²) in [4.78, 5) is 0. The zero-order chi connectivity index (χ0) is 13.5. The molecule has 4 nitrogen and oxygen atoms in total. The maximum absolute atomic E-state index is 13.8. The van der Waals surface area contributed by atoms with Gasteiger partial charge in [-0.05, 0) is 18.9 Å². The molecule has 0 heterocycles. The molecule has 0 radical (unpaired) electrons. The summed E-state index contributed by atoms with van der Waals surface area (Å²) in [6.45, 7) is 3.98. The van der Waals surface area contributed by atoms with E-state index in [1.165, 1.54) is 6.07 Å². The van der Waals surface area contributed by atoms with Crippen LogP contribution in [0.15, 0.2) is 6.07 Å². The van der Waals surface area contributed by atoms with Crippen LogP contribution < -0.4 is 16.8 Å². The van der Waals surface area contributed by atoms with Crippen LogP contribution in [0.25, 0.3) is 0 Å². The first-order valence-electron chi connectivity index (χ1n) is 5.92. The van der Waals surface area contributed by atoms with Gasteiger partial charge in [-0.15, -0.1) is 0 Å². The minimum Gasteiger partial charge on any atom is -0.397 e. The summed E-state index contributed by atoms with van der Waals surface area (Å²) in [5.41, 5.74) is 11.8. The van der Waals surface area contributed by atoms with E-state index in [1.807, 2.05) is 6.92 Å². The van der Waals surface area contributed by atoms with Crippen LogP contribution in [0.2, 0.25) is 5.02 Å². The molecule has 0 fully saturated rings. The van der Waals surface area contributed by atoms with E-state index < -0.39 is 5.82 Å². The third-order valence-electron chi connectivity index (χ3n) is 2.38. The molecule has 0 aliphatic carbocycles. The van der Waals surface area contributed by atoms with Crippen LogP contribution in [0.5, 0.6) is 0 Å². The van der Waals surface area contributed by atoms with Crippen molar-refractivity contribution in [2.75, 3.05) is 36.5 Å². The highest BCUT2D eigenvalue weighted by atomic mass is 35.5. The van der Waals surface area contributed by atoms with E-state index in [4.69, 9.17) is 27.8 Å². The standard InChI is InChI=1S/C12H19ClFN3O/c1-2-5-18-6-3-4-17-12-9(16)7-8(15)10(13)11(12)14/h7,17H,2-6,15-16H2,1H3. The Kier molecular flexibility index (Phi) is 6.01. The summed E-state index contributed by atoms with van der Waals surface area (Å²) in [6.07, 6.45) is 1.75. The van der Waals surface area contributed by atoms with Gasteiger partial charge < -0.3 is 21.5 Å². The van der Waals surface area contributed by atoms with Gasteiger partial charge in [0, 0.05) is 19.8 Å². The first-order valence-corrected chi connectivity index (χ1v) is 6.30. The Labute approximate surface area is 111 Å². The molecule has 0 spiro atoms. The fourth-order valence-corrected chi connectivity index (χ4v) is 1.63. The van der Waals surface area contributed by atoms with Crippen LogP contribution in [0.4, 0.5) is 21.5 Å². The second-order valence-corrected chi connectivity index (χ2v) is 4.33. The number of nitrogens with one attached hydrogen (secondary N) is 1. The van der Waals surface area contributed by atoms with Crippen molar-refractivity contribution >= 4 is 28.7 Å². The molecular weight excluding hydrogens is 257 g/mol. The number of nitrogen functional groups attached to an aromatic ring is 2. The first-order chi connectivity index (χ1) is 8.57. The fourth-order valence-electron chi connectivity index (χ4n) is 1.48. The monoisotopic (exact) mass is 275 g/mol. The van der Waals surface area contributed by atoms with Crippen molar-refractivity contribution in [3.05, 3.63) is 16.9 Å². The van der Waals surface area contributed by atoms with Crippen LogP contribution in [-0.4, -0.2) is 19.8 Å². The molecule has 0 amide bonds. The highest BCUT2D eigenvalue weighted by Gasteiger charge is 2.13. The Morgan fingerprint density at radius 1 is 1.33 bits per heavy atom. The van der Waals surface area contributed by atoms with Crippen molar-refractivity contribution in [3.8, 4) is 0 Å². The maximum Gasteiger partial charge on any atom is 0.169 e. The van der Waals surface area contributed by atoms with E-state index in [9.17, 15) is 4.39 Å². The van der Waals surface area contributed by atoms with Gasteiger partial charge in [0.2, 0.25) is 0 Å². The fraction of sp³-hybridized carbons (Fsp3) is 0.500. The van der Waals surface area contributed by atoms with Gasteiger partial charge in [-0.2, -0.15) is 0 Å². The van der Waals surface area contributed by atoms with E-state index in [-0.39, 0.29) is 22.1 Å². The molecule has 102 valence electrons. The van der Waals surface area contributed by atoms with E-state index in [2.05, 4.69) is 5.32 Å². The third kappa shape index (κ3) is 3.92. The van der Waals surface area contributed by atoms with Gasteiger partial charge >= 0.3 is 0 Å². The van der Waals surface area contributed by atoms with Crippen molar-refractivity contribution in [2.24, 2.45) is 0 Å². The summed E-state index contributed by atoms with van der Waals surface area (Å²) in [5.74, 6) is -0.608. The lowest BCUT2D eigenvalue weighted by Gasteiger charge is -2.12. The van der Waals surface area contributed by atoms with Gasteiger partial charge in [0.15, 0.2) is 5.82 Å². The lowest BCUT2D eigenvalue weighted by Crippen LogP contribution is -2.10. The van der Waals surface area contributed by atoms with E-state index in [0.29, 0.717) is 13.2 Å². The van der Waals surface area contributed by atoms with Crippen LogP contribution in [0.1, 0.15) is 19.8 Å². The Bertz CT molecular complexity index is 401. The molecule has 0 aromatic heterocycles. The van der Waals surface area contributed by atoms with Gasteiger partial charge in [0.1, 0.15) is 5.02 Å². The number of nitrogens with two attached hydrogens (primary N) is 2. The molecule has 18 heavy (non-hydrogen) atoms. The molecule has 1 aromatic rings. The largest absolute Gasteiger partial charge is 0.397 e. The summed E-state index contributed by atoms with van der Waals surface area (Å²) < 4.78 is 19.1. The van der Waals surface area contributed by atoms with Gasteiger partial charge in [-0.1, -0.05) is 18.5 Å². The summed E-state index contributed by atoms with van der Waals surface area (Å²) in [5, 5.41) is 2.80. The summed E-state index contributed by atoms with van der Waals surface area (Å²) in [6, 6.07) is 1.45. The Morgan fingerprint density at radius 2 is 2.06 bits per heavy atom. The molecule has 1 rings (SSSR count). The molecule has 0 saturated heterocycles. The van der Waals surface area contributed by atoms with Crippen molar-refractivity contribution in [2.45, 2.75) is 19.8 Å². The van der Waals surface area contributed by atoms with E-state index >= 15 is 0 Å². The zero-order valence-corrected chi connectivity index (χ0v) is 11.2. The molecule has 0 unspecified atom stereocenters. The molecule has 5 N–H and O–H groups in total. The first kappa shape index (κ1) is 14.9. The highest BCUT2D eigenvalue weighted by Crippen LogP contribution is 2.33. The van der Waals surface area contributed by atoms with Gasteiger partial charge in [-0.3, -0.25) is 0 Å². The number of hydrogen-bond acceptors (Lipinski definition) is 4. The predicted octanol–water partition coefficient (Wildman–Crippen LogP) is 2.87. The lowest BCUT2D eigenvalue weighted by atomic mass is 10.2. The summed E-state index contributed by atoms with van der Waals surface area (Å²) >= 11 is 5.72. The maximum atomic E-state index is 13.8. The molecule has 1 aromatic carbocycles. The Hall–Kier alpha value is -1.20. The third-order valence-corrected chi connectivity index (χ3v) is 2.77. The second kappa shape index (κ2) is 7.28. The number of halogens is 2. The highest BCUT2D eigenvalue weighted by molar-refractivity contribution is 6.33. The van der Waals surface area contributed by atoms with Crippen molar-refractivity contribution < 1.29 is 9.13 Å². The Balaban J connectivity index is 2.50. The minimum atomic E-state index is -0.608. The quantitative estimate of drug-likeness (QED) is 0.528. The molecule has 0 saturated carbocycles. The number of ether oxygens (including phenoxy) is 1. The van der Waals surface area contributed by atoms with E-state index in [0.717, 1.165) is 19.4 Å². The van der Waals surface area contributed by atoms with E-state index in [1.54, 1.807) is 0 Å². The molecular formula is C12H19ClFN3O. The predicted molar refractivity (Wildman–Crippen MR) is 74.5 cm³/mol. The zero-order valence-electron chi connectivity index (χ0n) is 10.4. The summed E-state index contributed by atoms with van der Waals surface area (Å²) in [7, 11) is 0. The smallest absolute Gasteiger partial charge is 0.169 e. The normalized spacial score (nSPS) is 10.6. The van der Waals surface area contributed by atoms with Crippen molar-refractivity contribution in [3.63, 3.8) is 0 Å². The van der Waals surface area contributed by atoms with Crippen LogP contribution in [-0.2, 0) is 4.74 Å². The SMILES string of the molecule is CCCOCCCNc1c(N)cc(N)c(Cl)c1F. The average molecular weight is 276 g/mol. The van der Waals surface area contributed by atoms with Crippen LogP contribution in [0, 0.1) is 5.82 Å². The van der Waals surface area contributed by atoms with Gasteiger partial charge in [0.25, 0.3) is 0 Å². The number of rotatable bonds is 7. The second-order valence-electron chi connectivity index (χ2n) is 3.95. The average Bonchev–Trinajstić information content (AvgIpc) is 2.34. The molecule has 0 aliphatic rings. The number of anilines is 3. The molecule has 0 bridgehead atoms. The van der Waals surface area contributed by atoms with Crippen LogP contribution in [0.3, 0.4) is 0 Å². The molecule has 6 heteroatoms. The lowest BCUT2D eigenvalue weighted by molar-refractivity contribution is 0.134. The Morgan fingerprint density at radius 3 is 2.72 bits per heavy atom.